The third kappa shape index (κ3) is 1.87. The lowest BCUT2D eigenvalue weighted by molar-refractivity contribution is 0.242. The van der Waals surface area contributed by atoms with Gasteiger partial charge in [-0.05, 0) is 23.3 Å². The van der Waals surface area contributed by atoms with Crippen LogP contribution in [0.15, 0.2) is 42.5 Å². The Balaban J connectivity index is 2.05. The van der Waals surface area contributed by atoms with E-state index in [0.717, 1.165) is 23.3 Å². The Morgan fingerprint density at radius 1 is 1.17 bits per heavy atom. The van der Waals surface area contributed by atoms with Crippen LogP contribution in [-0.4, -0.2) is 12.6 Å². The maximum Gasteiger partial charge on any atom is 0.130 e. The summed E-state index contributed by atoms with van der Waals surface area (Å²) in [7, 11) is 0. The number of hydrogen-bond acceptors (Lipinski definition) is 2. The van der Waals surface area contributed by atoms with Crippen LogP contribution in [-0.2, 0) is 6.42 Å². The van der Waals surface area contributed by atoms with Crippen molar-refractivity contribution >= 4 is 0 Å². The number of hydrogen-bond donors (Lipinski definition) is 1. The zero-order chi connectivity index (χ0) is 12.5. The highest BCUT2D eigenvalue weighted by Crippen LogP contribution is 2.38. The summed E-state index contributed by atoms with van der Waals surface area (Å²) in [5, 5.41) is 0. The van der Waals surface area contributed by atoms with Gasteiger partial charge in [-0.25, -0.2) is 4.39 Å². The van der Waals surface area contributed by atoms with Crippen molar-refractivity contribution in [1.29, 1.82) is 0 Å². The Morgan fingerprint density at radius 3 is 2.67 bits per heavy atom. The van der Waals surface area contributed by atoms with E-state index < -0.39 is 0 Å². The van der Waals surface area contributed by atoms with Gasteiger partial charge in [0.05, 0.1) is 0 Å². The van der Waals surface area contributed by atoms with Crippen molar-refractivity contribution in [2.24, 2.45) is 5.73 Å². The van der Waals surface area contributed by atoms with E-state index in [1.807, 2.05) is 12.1 Å². The molecule has 1 heterocycles. The van der Waals surface area contributed by atoms with Gasteiger partial charge in [0.25, 0.3) is 0 Å². The minimum Gasteiger partial charge on any atom is -0.488 e. The highest BCUT2D eigenvalue weighted by Gasteiger charge is 2.24. The van der Waals surface area contributed by atoms with Gasteiger partial charge in [-0.1, -0.05) is 30.3 Å². The van der Waals surface area contributed by atoms with Gasteiger partial charge in [0.15, 0.2) is 0 Å². The Hall–Kier alpha value is -1.87. The molecule has 0 aliphatic carbocycles. The summed E-state index contributed by atoms with van der Waals surface area (Å²) in [6, 6.07) is 12.5. The monoisotopic (exact) mass is 243 g/mol. The molecule has 2 aromatic carbocycles. The highest BCUT2D eigenvalue weighted by atomic mass is 19.1. The van der Waals surface area contributed by atoms with Gasteiger partial charge in [-0.3, -0.25) is 0 Å². The smallest absolute Gasteiger partial charge is 0.130 e. The second-order valence-corrected chi connectivity index (χ2v) is 4.48. The fourth-order valence-electron chi connectivity index (χ4n) is 2.33. The Bertz CT molecular complexity index is 565. The third-order valence-corrected chi connectivity index (χ3v) is 3.25. The van der Waals surface area contributed by atoms with E-state index in [4.69, 9.17) is 10.5 Å². The molecule has 0 unspecified atom stereocenters. The fourth-order valence-corrected chi connectivity index (χ4v) is 2.33. The number of rotatable bonds is 2. The molecule has 2 N–H and O–H groups in total. The summed E-state index contributed by atoms with van der Waals surface area (Å²) in [5.74, 6) is 0.659. The maximum atomic E-state index is 12.9. The van der Waals surface area contributed by atoms with Crippen molar-refractivity contribution in [3.05, 3.63) is 53.8 Å². The SMILES string of the molecule is NC[C@H]1Cc2cccc(-c3ccc(F)cc3)c2O1. The topological polar surface area (TPSA) is 35.2 Å². The van der Waals surface area contributed by atoms with Gasteiger partial charge in [-0.15, -0.1) is 0 Å². The number of fused-ring (bicyclic) bond motifs is 1. The van der Waals surface area contributed by atoms with Crippen LogP contribution in [0, 0.1) is 5.82 Å². The van der Waals surface area contributed by atoms with Crippen molar-refractivity contribution in [1.82, 2.24) is 0 Å². The van der Waals surface area contributed by atoms with Gasteiger partial charge in [0, 0.05) is 18.5 Å². The summed E-state index contributed by atoms with van der Waals surface area (Å²) in [6.07, 6.45) is 0.905. The molecular formula is C15H14FNO. The first-order valence-electron chi connectivity index (χ1n) is 6.02. The van der Waals surface area contributed by atoms with Crippen LogP contribution in [0.25, 0.3) is 11.1 Å². The fraction of sp³-hybridized carbons (Fsp3) is 0.200. The first-order valence-corrected chi connectivity index (χ1v) is 6.02. The van der Waals surface area contributed by atoms with Crippen molar-refractivity contribution in [3.8, 4) is 16.9 Å². The molecule has 0 spiro atoms. The largest absolute Gasteiger partial charge is 0.488 e. The van der Waals surface area contributed by atoms with Crippen LogP contribution in [0.4, 0.5) is 4.39 Å². The Labute approximate surface area is 105 Å². The molecule has 3 rings (SSSR count). The zero-order valence-corrected chi connectivity index (χ0v) is 9.90. The van der Waals surface area contributed by atoms with Gasteiger partial charge in [-0.2, -0.15) is 0 Å². The molecule has 0 saturated carbocycles. The summed E-state index contributed by atoms with van der Waals surface area (Å²) in [5.41, 5.74) is 8.79. The van der Waals surface area contributed by atoms with E-state index in [1.165, 1.54) is 17.7 Å². The molecule has 1 atom stereocenters. The highest BCUT2D eigenvalue weighted by molar-refractivity contribution is 5.73. The van der Waals surface area contributed by atoms with Crippen molar-refractivity contribution < 1.29 is 9.13 Å². The lowest BCUT2D eigenvalue weighted by Gasteiger charge is -2.10. The zero-order valence-electron chi connectivity index (χ0n) is 9.90. The van der Waals surface area contributed by atoms with E-state index in [-0.39, 0.29) is 11.9 Å². The summed E-state index contributed by atoms with van der Waals surface area (Å²) in [4.78, 5) is 0. The van der Waals surface area contributed by atoms with Gasteiger partial charge in [0.1, 0.15) is 17.7 Å². The standard InChI is InChI=1S/C15H14FNO/c16-12-6-4-10(5-7-12)14-3-1-2-11-8-13(9-17)18-15(11)14/h1-7,13H,8-9,17H2/t13-/m1/s1. The molecule has 3 heteroatoms. The summed E-state index contributed by atoms with van der Waals surface area (Å²) >= 11 is 0. The molecule has 0 amide bonds. The number of ether oxygens (including phenoxy) is 1. The molecule has 0 bridgehead atoms. The molecule has 0 aromatic heterocycles. The molecule has 1 aliphatic heterocycles. The molecule has 2 aromatic rings. The van der Waals surface area contributed by atoms with Gasteiger partial charge in [0.2, 0.25) is 0 Å². The second-order valence-electron chi connectivity index (χ2n) is 4.48. The molecule has 92 valence electrons. The number of benzene rings is 2. The predicted octanol–water partition coefficient (Wildman–Crippen LogP) is 2.75. The minimum atomic E-state index is -0.230. The minimum absolute atomic E-state index is 0.0570. The van der Waals surface area contributed by atoms with Gasteiger partial charge >= 0.3 is 0 Å². The van der Waals surface area contributed by atoms with Crippen molar-refractivity contribution in [2.75, 3.05) is 6.54 Å². The Morgan fingerprint density at radius 2 is 1.94 bits per heavy atom. The molecule has 1 aliphatic rings. The molecule has 0 saturated heterocycles. The number of halogens is 1. The van der Waals surface area contributed by atoms with Crippen molar-refractivity contribution in [2.45, 2.75) is 12.5 Å². The normalized spacial score (nSPS) is 17.3. The number of nitrogens with two attached hydrogens (primary N) is 1. The van der Waals surface area contributed by atoms with Crippen LogP contribution in [0.1, 0.15) is 5.56 Å². The van der Waals surface area contributed by atoms with E-state index in [1.54, 1.807) is 12.1 Å². The number of para-hydroxylation sites is 1. The molecule has 0 fully saturated rings. The molecule has 18 heavy (non-hydrogen) atoms. The van der Waals surface area contributed by atoms with E-state index in [9.17, 15) is 4.39 Å². The second kappa shape index (κ2) is 4.42. The van der Waals surface area contributed by atoms with Crippen molar-refractivity contribution in [3.63, 3.8) is 0 Å². The lowest BCUT2D eigenvalue weighted by atomic mass is 10.0. The van der Waals surface area contributed by atoms with E-state index in [0.29, 0.717) is 6.54 Å². The predicted molar refractivity (Wildman–Crippen MR) is 69.0 cm³/mol. The van der Waals surface area contributed by atoms with E-state index in [2.05, 4.69) is 6.07 Å². The van der Waals surface area contributed by atoms with Crippen LogP contribution in [0.2, 0.25) is 0 Å². The van der Waals surface area contributed by atoms with Crippen LogP contribution in [0.5, 0.6) is 5.75 Å². The molecular weight excluding hydrogens is 229 g/mol. The quantitative estimate of drug-likeness (QED) is 0.880. The van der Waals surface area contributed by atoms with Crippen LogP contribution in [0.3, 0.4) is 0 Å². The first-order chi connectivity index (χ1) is 8.78. The van der Waals surface area contributed by atoms with Gasteiger partial charge < -0.3 is 10.5 Å². The average Bonchev–Trinajstić information content (AvgIpc) is 2.82. The summed E-state index contributed by atoms with van der Waals surface area (Å²) in [6.45, 7) is 0.511. The molecule has 0 radical (unpaired) electrons. The van der Waals surface area contributed by atoms with Crippen LogP contribution >= 0.6 is 0 Å². The summed E-state index contributed by atoms with van der Waals surface area (Å²) < 4.78 is 18.8. The van der Waals surface area contributed by atoms with E-state index >= 15 is 0 Å². The maximum absolute atomic E-state index is 12.9. The van der Waals surface area contributed by atoms with Crippen LogP contribution < -0.4 is 10.5 Å². The average molecular weight is 243 g/mol. The third-order valence-electron chi connectivity index (χ3n) is 3.25. The lowest BCUT2D eigenvalue weighted by Crippen LogP contribution is -2.24. The Kier molecular flexibility index (Phi) is 2.76. The first kappa shape index (κ1) is 11.2. The molecule has 2 nitrogen and oxygen atoms in total.